The number of hydrogen-bond acceptors (Lipinski definition) is 7. The molecule has 0 saturated carbocycles. The maximum absolute atomic E-state index is 12.9. The third kappa shape index (κ3) is 2.99. The average molecular weight is 376 g/mol. The number of sulfone groups is 1. The van der Waals surface area contributed by atoms with E-state index in [1.807, 2.05) is 0 Å². The standard InChI is InChI=1S/C18H16O7S/c1-22-12-5-4-11-8-17(18(19)25-15(11)9-12)26(20,21)13-6-7-14(23-2)16(10-13)24-3/h4-10H,1-3H3. The van der Waals surface area contributed by atoms with Crippen molar-refractivity contribution in [1.82, 2.24) is 0 Å². The zero-order chi connectivity index (χ0) is 18.9. The van der Waals surface area contributed by atoms with Crippen LogP contribution in [0.5, 0.6) is 17.2 Å². The van der Waals surface area contributed by atoms with E-state index in [1.165, 1.54) is 51.7 Å². The van der Waals surface area contributed by atoms with Crippen LogP contribution in [0.1, 0.15) is 0 Å². The van der Waals surface area contributed by atoms with Crippen LogP contribution in [0.25, 0.3) is 11.0 Å². The van der Waals surface area contributed by atoms with Crippen LogP contribution in [0.2, 0.25) is 0 Å². The summed E-state index contributed by atoms with van der Waals surface area (Å²) in [5.74, 6) is 1.11. The molecule has 0 atom stereocenters. The first kappa shape index (κ1) is 17.8. The first-order valence-electron chi connectivity index (χ1n) is 7.49. The summed E-state index contributed by atoms with van der Waals surface area (Å²) >= 11 is 0. The minimum absolute atomic E-state index is 0.102. The van der Waals surface area contributed by atoms with E-state index >= 15 is 0 Å². The predicted molar refractivity (Wildman–Crippen MR) is 94.0 cm³/mol. The fourth-order valence-corrected chi connectivity index (χ4v) is 3.80. The van der Waals surface area contributed by atoms with Gasteiger partial charge in [-0.1, -0.05) is 0 Å². The van der Waals surface area contributed by atoms with Gasteiger partial charge < -0.3 is 18.6 Å². The normalized spacial score (nSPS) is 11.3. The highest BCUT2D eigenvalue weighted by molar-refractivity contribution is 7.91. The molecule has 3 rings (SSSR count). The lowest BCUT2D eigenvalue weighted by molar-refractivity contribution is 0.354. The zero-order valence-corrected chi connectivity index (χ0v) is 15.1. The second-order valence-corrected chi connectivity index (χ2v) is 7.24. The van der Waals surface area contributed by atoms with Crippen molar-refractivity contribution in [2.75, 3.05) is 21.3 Å². The molecular weight excluding hydrogens is 360 g/mol. The van der Waals surface area contributed by atoms with Gasteiger partial charge in [-0.3, -0.25) is 0 Å². The molecule has 0 bridgehead atoms. The highest BCUT2D eigenvalue weighted by atomic mass is 32.2. The van der Waals surface area contributed by atoms with E-state index in [-0.39, 0.29) is 16.2 Å². The van der Waals surface area contributed by atoms with Crippen LogP contribution in [-0.2, 0) is 9.84 Å². The monoisotopic (exact) mass is 376 g/mol. The van der Waals surface area contributed by atoms with Gasteiger partial charge in [-0.05, 0) is 30.3 Å². The van der Waals surface area contributed by atoms with Crippen molar-refractivity contribution in [3.05, 3.63) is 52.9 Å². The van der Waals surface area contributed by atoms with E-state index in [0.717, 1.165) is 0 Å². The predicted octanol–water partition coefficient (Wildman–Crippen LogP) is 2.65. The summed E-state index contributed by atoms with van der Waals surface area (Å²) in [7, 11) is 0.211. The Labute approximate surface area is 149 Å². The van der Waals surface area contributed by atoms with Crippen LogP contribution < -0.4 is 19.8 Å². The van der Waals surface area contributed by atoms with Gasteiger partial charge in [0, 0.05) is 17.5 Å². The smallest absolute Gasteiger partial charge is 0.355 e. The molecule has 7 nitrogen and oxygen atoms in total. The van der Waals surface area contributed by atoms with Crippen molar-refractivity contribution in [2.24, 2.45) is 0 Å². The molecule has 0 unspecified atom stereocenters. The van der Waals surface area contributed by atoms with Gasteiger partial charge >= 0.3 is 5.63 Å². The lowest BCUT2D eigenvalue weighted by Gasteiger charge is -2.10. The Bertz CT molecular complexity index is 1130. The molecule has 1 aromatic heterocycles. The molecule has 26 heavy (non-hydrogen) atoms. The summed E-state index contributed by atoms with van der Waals surface area (Å²) < 4.78 is 46.3. The number of rotatable bonds is 5. The Balaban J connectivity index is 2.18. The highest BCUT2D eigenvalue weighted by Gasteiger charge is 2.25. The lowest BCUT2D eigenvalue weighted by atomic mass is 10.2. The largest absolute Gasteiger partial charge is 0.497 e. The van der Waals surface area contributed by atoms with Gasteiger partial charge in [-0.2, -0.15) is 0 Å². The number of benzene rings is 2. The Kier molecular flexibility index (Phi) is 4.60. The van der Waals surface area contributed by atoms with Crippen LogP contribution in [0.4, 0.5) is 0 Å². The number of ether oxygens (including phenoxy) is 3. The summed E-state index contributed by atoms with van der Waals surface area (Å²) in [6.45, 7) is 0. The number of methoxy groups -OCH3 is 3. The third-order valence-electron chi connectivity index (χ3n) is 3.87. The molecule has 0 aliphatic rings. The summed E-state index contributed by atoms with van der Waals surface area (Å²) in [4.78, 5) is 11.7. The third-order valence-corrected chi connectivity index (χ3v) is 5.60. The molecule has 0 N–H and O–H groups in total. The summed E-state index contributed by atoms with van der Waals surface area (Å²) in [5, 5.41) is 0.462. The van der Waals surface area contributed by atoms with Crippen molar-refractivity contribution in [1.29, 1.82) is 0 Å². The molecule has 0 spiro atoms. The average Bonchev–Trinajstić information content (AvgIpc) is 2.66. The minimum atomic E-state index is -4.11. The molecule has 8 heteroatoms. The molecule has 0 aliphatic heterocycles. The quantitative estimate of drug-likeness (QED) is 0.632. The summed E-state index contributed by atoms with van der Waals surface area (Å²) in [5.41, 5.74) is -0.721. The van der Waals surface area contributed by atoms with Crippen LogP contribution in [0.3, 0.4) is 0 Å². The van der Waals surface area contributed by atoms with Gasteiger partial charge in [-0.15, -0.1) is 0 Å². The Morgan fingerprint density at radius 3 is 2.23 bits per heavy atom. The topological polar surface area (TPSA) is 92.0 Å². The molecule has 136 valence electrons. The van der Waals surface area contributed by atoms with Gasteiger partial charge in [0.25, 0.3) is 0 Å². The van der Waals surface area contributed by atoms with Gasteiger partial charge in [-0.25, -0.2) is 13.2 Å². The SMILES string of the molecule is COc1ccc2cc(S(=O)(=O)c3ccc(OC)c(OC)c3)c(=O)oc2c1. The zero-order valence-electron chi connectivity index (χ0n) is 14.3. The van der Waals surface area contributed by atoms with Crippen LogP contribution in [-0.4, -0.2) is 29.7 Å². The summed E-state index contributed by atoms with van der Waals surface area (Å²) in [6.07, 6.45) is 0. The van der Waals surface area contributed by atoms with E-state index in [9.17, 15) is 13.2 Å². The van der Waals surface area contributed by atoms with E-state index in [1.54, 1.807) is 12.1 Å². The molecule has 0 amide bonds. The van der Waals surface area contributed by atoms with E-state index in [4.69, 9.17) is 18.6 Å². The van der Waals surface area contributed by atoms with Gasteiger partial charge in [0.15, 0.2) is 16.4 Å². The molecule has 0 radical (unpaired) electrons. The van der Waals surface area contributed by atoms with Gasteiger partial charge in [0.1, 0.15) is 11.3 Å². The van der Waals surface area contributed by atoms with E-state index in [0.29, 0.717) is 16.9 Å². The maximum atomic E-state index is 12.9. The second kappa shape index (κ2) is 6.72. The Morgan fingerprint density at radius 1 is 0.846 bits per heavy atom. The Morgan fingerprint density at radius 2 is 1.58 bits per heavy atom. The van der Waals surface area contributed by atoms with Crippen molar-refractivity contribution in [2.45, 2.75) is 9.79 Å². The first-order chi connectivity index (χ1) is 12.4. The molecule has 2 aromatic carbocycles. The molecule has 1 heterocycles. The fourth-order valence-electron chi connectivity index (χ4n) is 2.50. The summed E-state index contributed by atoms with van der Waals surface area (Å²) in [6, 6.07) is 10.2. The molecular formula is C18H16O7S. The Hall–Kier alpha value is -3.00. The van der Waals surface area contributed by atoms with Crippen LogP contribution >= 0.6 is 0 Å². The first-order valence-corrected chi connectivity index (χ1v) is 8.98. The van der Waals surface area contributed by atoms with E-state index < -0.39 is 20.4 Å². The van der Waals surface area contributed by atoms with Crippen molar-refractivity contribution in [3.8, 4) is 17.2 Å². The van der Waals surface area contributed by atoms with Crippen molar-refractivity contribution >= 4 is 20.8 Å². The minimum Gasteiger partial charge on any atom is -0.497 e. The van der Waals surface area contributed by atoms with Crippen LogP contribution in [0.15, 0.2) is 61.5 Å². The van der Waals surface area contributed by atoms with E-state index in [2.05, 4.69) is 0 Å². The molecule has 0 fully saturated rings. The molecule has 0 aliphatic carbocycles. The maximum Gasteiger partial charge on any atom is 0.355 e. The van der Waals surface area contributed by atoms with Crippen LogP contribution in [0, 0.1) is 0 Å². The number of hydrogen-bond donors (Lipinski definition) is 0. The van der Waals surface area contributed by atoms with Crippen molar-refractivity contribution in [3.63, 3.8) is 0 Å². The van der Waals surface area contributed by atoms with Gasteiger partial charge in [0.05, 0.1) is 26.2 Å². The molecule has 0 saturated heterocycles. The lowest BCUT2D eigenvalue weighted by Crippen LogP contribution is -2.14. The molecule has 3 aromatic rings. The highest BCUT2D eigenvalue weighted by Crippen LogP contribution is 2.32. The number of fused-ring (bicyclic) bond motifs is 1. The van der Waals surface area contributed by atoms with Crippen molar-refractivity contribution < 1.29 is 27.0 Å². The van der Waals surface area contributed by atoms with Gasteiger partial charge in [0.2, 0.25) is 9.84 Å². The second-order valence-electron chi connectivity index (χ2n) is 5.32. The fraction of sp³-hybridized carbons (Fsp3) is 0.167.